The first-order chi connectivity index (χ1) is 10.3. The SMILES string of the molecule is O=C(/C=C/c1ccc(-c2ccccc2)cc1)N1CCCC1. The molecule has 0 radical (unpaired) electrons. The maximum absolute atomic E-state index is 11.9. The molecule has 106 valence electrons. The van der Waals surface area contributed by atoms with Gasteiger partial charge in [-0.15, -0.1) is 0 Å². The minimum Gasteiger partial charge on any atom is -0.339 e. The van der Waals surface area contributed by atoms with Crippen molar-refractivity contribution < 1.29 is 4.79 Å². The molecule has 2 heteroatoms. The zero-order valence-electron chi connectivity index (χ0n) is 12.0. The molecule has 3 rings (SSSR count). The van der Waals surface area contributed by atoms with Gasteiger partial charge in [0, 0.05) is 19.2 Å². The Balaban J connectivity index is 1.68. The van der Waals surface area contributed by atoms with E-state index in [4.69, 9.17) is 0 Å². The fourth-order valence-corrected chi connectivity index (χ4v) is 2.63. The minimum absolute atomic E-state index is 0.125. The molecule has 0 aliphatic carbocycles. The summed E-state index contributed by atoms with van der Waals surface area (Å²) in [4.78, 5) is 13.9. The lowest BCUT2D eigenvalue weighted by atomic mass is 10.0. The minimum atomic E-state index is 0.125. The monoisotopic (exact) mass is 277 g/mol. The van der Waals surface area contributed by atoms with Crippen LogP contribution in [0.25, 0.3) is 17.2 Å². The first-order valence-corrected chi connectivity index (χ1v) is 7.45. The van der Waals surface area contributed by atoms with Gasteiger partial charge in [-0.2, -0.15) is 0 Å². The lowest BCUT2D eigenvalue weighted by Gasteiger charge is -2.11. The van der Waals surface area contributed by atoms with Crippen LogP contribution in [0.4, 0.5) is 0 Å². The Bertz CT molecular complexity index is 622. The van der Waals surface area contributed by atoms with Gasteiger partial charge in [-0.3, -0.25) is 4.79 Å². The van der Waals surface area contributed by atoms with Crippen molar-refractivity contribution in [3.63, 3.8) is 0 Å². The number of hydrogen-bond acceptors (Lipinski definition) is 1. The molecule has 1 aliphatic rings. The zero-order chi connectivity index (χ0) is 14.5. The number of carbonyl (C=O) groups is 1. The number of benzene rings is 2. The third kappa shape index (κ3) is 3.40. The van der Waals surface area contributed by atoms with Crippen molar-refractivity contribution >= 4 is 12.0 Å². The van der Waals surface area contributed by atoms with E-state index < -0.39 is 0 Å². The molecule has 0 atom stereocenters. The summed E-state index contributed by atoms with van der Waals surface area (Å²) in [7, 11) is 0. The highest BCUT2D eigenvalue weighted by atomic mass is 16.2. The van der Waals surface area contributed by atoms with E-state index in [2.05, 4.69) is 36.4 Å². The summed E-state index contributed by atoms with van der Waals surface area (Å²) in [5.41, 5.74) is 3.46. The second kappa shape index (κ2) is 6.40. The molecule has 1 amide bonds. The molecule has 1 heterocycles. The Morgan fingerprint density at radius 2 is 1.48 bits per heavy atom. The quantitative estimate of drug-likeness (QED) is 0.777. The Kier molecular flexibility index (Phi) is 4.15. The van der Waals surface area contributed by atoms with E-state index in [0.717, 1.165) is 31.5 Å². The van der Waals surface area contributed by atoms with Crippen LogP contribution in [0.2, 0.25) is 0 Å². The van der Waals surface area contributed by atoms with Crippen LogP contribution >= 0.6 is 0 Å². The van der Waals surface area contributed by atoms with Crippen molar-refractivity contribution in [2.75, 3.05) is 13.1 Å². The average Bonchev–Trinajstić information content (AvgIpc) is 3.08. The van der Waals surface area contributed by atoms with Gasteiger partial charge in [0.05, 0.1) is 0 Å². The third-order valence-electron chi connectivity index (χ3n) is 3.85. The number of amides is 1. The van der Waals surface area contributed by atoms with E-state index in [0.29, 0.717) is 0 Å². The zero-order valence-corrected chi connectivity index (χ0v) is 12.0. The van der Waals surface area contributed by atoms with Crippen LogP contribution < -0.4 is 0 Å². The predicted octanol–water partition coefficient (Wildman–Crippen LogP) is 3.99. The summed E-state index contributed by atoms with van der Waals surface area (Å²) >= 11 is 0. The lowest BCUT2D eigenvalue weighted by Crippen LogP contribution is -2.25. The molecule has 1 fully saturated rings. The highest BCUT2D eigenvalue weighted by molar-refractivity contribution is 5.92. The fraction of sp³-hybridized carbons (Fsp3) is 0.211. The molecule has 21 heavy (non-hydrogen) atoms. The maximum atomic E-state index is 11.9. The molecular formula is C19H19NO. The van der Waals surface area contributed by atoms with Gasteiger partial charge in [0.1, 0.15) is 0 Å². The molecule has 0 bridgehead atoms. The van der Waals surface area contributed by atoms with Crippen molar-refractivity contribution in [3.05, 3.63) is 66.2 Å². The van der Waals surface area contributed by atoms with Crippen LogP contribution in [0.5, 0.6) is 0 Å². The largest absolute Gasteiger partial charge is 0.339 e. The van der Waals surface area contributed by atoms with Crippen molar-refractivity contribution in [3.8, 4) is 11.1 Å². The molecule has 2 aromatic rings. The van der Waals surface area contributed by atoms with Crippen molar-refractivity contribution in [2.24, 2.45) is 0 Å². The van der Waals surface area contributed by atoms with Crippen LogP contribution in [0, 0.1) is 0 Å². The number of nitrogens with zero attached hydrogens (tertiary/aromatic N) is 1. The van der Waals surface area contributed by atoms with E-state index in [-0.39, 0.29) is 5.91 Å². The highest BCUT2D eigenvalue weighted by Crippen LogP contribution is 2.19. The smallest absolute Gasteiger partial charge is 0.246 e. The molecule has 2 aromatic carbocycles. The van der Waals surface area contributed by atoms with E-state index in [9.17, 15) is 4.79 Å². The Morgan fingerprint density at radius 3 is 2.14 bits per heavy atom. The van der Waals surface area contributed by atoms with Crippen molar-refractivity contribution in [1.29, 1.82) is 0 Å². The third-order valence-corrected chi connectivity index (χ3v) is 3.85. The van der Waals surface area contributed by atoms with Gasteiger partial charge < -0.3 is 4.90 Å². The molecule has 1 saturated heterocycles. The first kappa shape index (κ1) is 13.6. The van der Waals surface area contributed by atoms with Crippen LogP contribution in [0.15, 0.2) is 60.7 Å². The summed E-state index contributed by atoms with van der Waals surface area (Å²) in [6.07, 6.45) is 5.84. The van der Waals surface area contributed by atoms with Crippen LogP contribution in [0.3, 0.4) is 0 Å². The lowest BCUT2D eigenvalue weighted by molar-refractivity contribution is -0.124. The number of carbonyl (C=O) groups excluding carboxylic acids is 1. The normalized spacial score (nSPS) is 14.8. The summed E-state index contributed by atoms with van der Waals surface area (Å²) in [6, 6.07) is 18.6. The first-order valence-electron chi connectivity index (χ1n) is 7.45. The summed E-state index contributed by atoms with van der Waals surface area (Å²) in [5, 5.41) is 0. The van der Waals surface area contributed by atoms with Gasteiger partial charge in [0.25, 0.3) is 0 Å². The second-order valence-corrected chi connectivity index (χ2v) is 5.35. The Morgan fingerprint density at radius 1 is 0.857 bits per heavy atom. The van der Waals surface area contributed by atoms with Crippen molar-refractivity contribution in [1.82, 2.24) is 4.90 Å². The average molecular weight is 277 g/mol. The van der Waals surface area contributed by atoms with Crippen LogP contribution in [-0.2, 0) is 4.79 Å². The summed E-state index contributed by atoms with van der Waals surface area (Å²) in [6.45, 7) is 1.80. The molecule has 2 nitrogen and oxygen atoms in total. The predicted molar refractivity (Wildman–Crippen MR) is 86.7 cm³/mol. The van der Waals surface area contributed by atoms with Gasteiger partial charge in [0.2, 0.25) is 5.91 Å². The van der Waals surface area contributed by atoms with Crippen molar-refractivity contribution in [2.45, 2.75) is 12.8 Å². The van der Waals surface area contributed by atoms with Gasteiger partial charge >= 0.3 is 0 Å². The van der Waals surface area contributed by atoms with Gasteiger partial charge in [0.15, 0.2) is 0 Å². The van der Waals surface area contributed by atoms with Gasteiger partial charge in [-0.25, -0.2) is 0 Å². The summed E-state index contributed by atoms with van der Waals surface area (Å²) < 4.78 is 0. The Labute approximate surface area is 125 Å². The standard InChI is InChI=1S/C19H19NO/c21-19(20-14-4-5-15-20)13-10-16-8-11-18(12-9-16)17-6-2-1-3-7-17/h1-3,6-13H,4-5,14-15H2/b13-10+. The molecule has 1 aliphatic heterocycles. The van der Waals surface area contributed by atoms with E-state index in [1.54, 1.807) is 6.08 Å². The van der Waals surface area contributed by atoms with Gasteiger partial charge in [-0.1, -0.05) is 54.6 Å². The molecule has 0 saturated carbocycles. The molecule has 0 unspecified atom stereocenters. The summed E-state index contributed by atoms with van der Waals surface area (Å²) in [5.74, 6) is 0.125. The van der Waals surface area contributed by atoms with Gasteiger partial charge in [-0.05, 0) is 35.6 Å². The molecular weight excluding hydrogens is 258 g/mol. The number of hydrogen-bond donors (Lipinski definition) is 0. The van der Waals surface area contributed by atoms with E-state index in [1.807, 2.05) is 29.2 Å². The number of rotatable bonds is 3. The second-order valence-electron chi connectivity index (χ2n) is 5.35. The molecule has 0 spiro atoms. The number of likely N-dealkylation sites (tertiary alicyclic amines) is 1. The topological polar surface area (TPSA) is 20.3 Å². The van der Waals surface area contributed by atoms with E-state index in [1.165, 1.54) is 11.1 Å². The van der Waals surface area contributed by atoms with Crippen LogP contribution in [-0.4, -0.2) is 23.9 Å². The maximum Gasteiger partial charge on any atom is 0.246 e. The van der Waals surface area contributed by atoms with E-state index >= 15 is 0 Å². The van der Waals surface area contributed by atoms with Crippen LogP contribution in [0.1, 0.15) is 18.4 Å². The fourth-order valence-electron chi connectivity index (χ4n) is 2.63. The highest BCUT2D eigenvalue weighted by Gasteiger charge is 2.14. The Hall–Kier alpha value is -2.35. The molecule has 0 aromatic heterocycles. The molecule has 0 N–H and O–H groups in total.